The third-order valence-corrected chi connectivity index (χ3v) is 6.01. The molecule has 0 amide bonds. The Morgan fingerprint density at radius 1 is 1.32 bits per heavy atom. The summed E-state index contributed by atoms with van der Waals surface area (Å²) in [6.45, 7) is 8.91. The molecule has 0 saturated carbocycles. The predicted molar refractivity (Wildman–Crippen MR) is 90.5 cm³/mol. The molecule has 0 aliphatic carbocycles. The zero-order valence-corrected chi connectivity index (χ0v) is 15.6. The van der Waals surface area contributed by atoms with Crippen molar-refractivity contribution in [3.8, 4) is 6.07 Å². The smallest absolute Gasteiger partial charge is 0.342 e. The van der Waals surface area contributed by atoms with Gasteiger partial charge in [-0.25, -0.2) is 0 Å². The van der Waals surface area contributed by atoms with Crippen molar-refractivity contribution in [3.63, 3.8) is 0 Å². The maximum Gasteiger partial charge on any atom is 0.348 e. The van der Waals surface area contributed by atoms with E-state index in [0.717, 1.165) is 18.4 Å². The molecule has 22 heavy (non-hydrogen) atoms. The first-order valence-corrected chi connectivity index (χ1v) is 10.6. The van der Waals surface area contributed by atoms with Crippen LogP contribution in [0, 0.1) is 11.3 Å². The van der Waals surface area contributed by atoms with E-state index in [4.69, 9.17) is 19.6 Å². The first kappa shape index (κ1) is 21.7. The van der Waals surface area contributed by atoms with E-state index in [-0.39, 0.29) is 0 Å². The van der Waals surface area contributed by atoms with Crippen molar-refractivity contribution in [2.45, 2.75) is 59.0 Å². The summed E-state index contributed by atoms with van der Waals surface area (Å²) in [5.74, 6) is 0.953. The topological polar surface area (TPSA) is 93.8 Å². The third-order valence-electron chi connectivity index (χ3n) is 2.79. The molecule has 0 aromatic heterocycles. The summed E-state index contributed by atoms with van der Waals surface area (Å²) in [7, 11) is -4.86. The molecule has 0 aliphatic heterocycles. The molecule has 0 aliphatic rings. The number of nitrogens with zero attached hydrogens (tertiary/aromatic N) is 2. The highest BCUT2D eigenvalue weighted by Crippen LogP contribution is 2.45. The lowest BCUT2D eigenvalue weighted by atomic mass is 10.3. The zero-order chi connectivity index (χ0) is 17.2. The number of nitriles is 1. The SMILES string of the molecule is CC(C)N(C(C)C)P(CCC/C=C/P(=O)(O)O)OCCC#N. The molecule has 0 heterocycles. The molecule has 0 aromatic rings. The van der Waals surface area contributed by atoms with Crippen molar-refractivity contribution in [1.29, 1.82) is 5.26 Å². The third kappa shape index (κ3) is 10.5. The molecule has 0 aromatic carbocycles. The van der Waals surface area contributed by atoms with Crippen molar-refractivity contribution in [1.82, 2.24) is 4.67 Å². The average Bonchev–Trinajstić information content (AvgIpc) is 2.35. The van der Waals surface area contributed by atoms with Gasteiger partial charge in [0.1, 0.15) is 8.30 Å². The molecule has 8 heteroatoms. The van der Waals surface area contributed by atoms with E-state index in [1.54, 1.807) is 0 Å². The first-order chi connectivity index (χ1) is 10.2. The van der Waals surface area contributed by atoms with Crippen molar-refractivity contribution < 1.29 is 18.9 Å². The van der Waals surface area contributed by atoms with Gasteiger partial charge < -0.3 is 14.3 Å². The minimum Gasteiger partial charge on any atom is -0.342 e. The van der Waals surface area contributed by atoms with Crippen LogP contribution in [0.25, 0.3) is 0 Å². The molecule has 2 N–H and O–H groups in total. The second-order valence-electron chi connectivity index (χ2n) is 5.50. The van der Waals surface area contributed by atoms with Gasteiger partial charge in [-0.1, -0.05) is 6.08 Å². The second-order valence-corrected chi connectivity index (χ2v) is 8.85. The van der Waals surface area contributed by atoms with E-state index >= 15 is 0 Å². The number of allylic oxidation sites excluding steroid dienone is 1. The van der Waals surface area contributed by atoms with Gasteiger partial charge in [0.2, 0.25) is 0 Å². The Balaban J connectivity index is 4.56. The largest absolute Gasteiger partial charge is 0.348 e. The van der Waals surface area contributed by atoms with Crippen LogP contribution in [0.4, 0.5) is 0 Å². The lowest BCUT2D eigenvalue weighted by Crippen LogP contribution is -2.33. The summed E-state index contributed by atoms with van der Waals surface area (Å²) in [6.07, 6.45) is 4.13. The summed E-state index contributed by atoms with van der Waals surface area (Å²) in [5.41, 5.74) is 0. The van der Waals surface area contributed by atoms with Crippen molar-refractivity contribution in [2.75, 3.05) is 12.8 Å². The van der Waals surface area contributed by atoms with Gasteiger partial charge in [-0.05, 0) is 40.5 Å². The van der Waals surface area contributed by atoms with Crippen LogP contribution >= 0.6 is 15.9 Å². The Bertz CT molecular complexity index is 408. The van der Waals surface area contributed by atoms with Crippen LogP contribution in [0.15, 0.2) is 11.9 Å². The van der Waals surface area contributed by atoms with Crippen molar-refractivity contribution in [2.24, 2.45) is 0 Å². The minimum atomic E-state index is -4.05. The number of hydrogen-bond donors (Lipinski definition) is 2. The monoisotopic (exact) mass is 350 g/mol. The fourth-order valence-electron chi connectivity index (χ4n) is 2.11. The molecule has 128 valence electrons. The fourth-order valence-corrected chi connectivity index (χ4v) is 4.81. The minimum absolute atomic E-state index is 0.346. The van der Waals surface area contributed by atoms with Gasteiger partial charge >= 0.3 is 7.60 Å². The molecular weight excluding hydrogens is 322 g/mol. The number of unbranched alkanes of at least 4 members (excludes halogenated alkanes) is 1. The molecule has 1 unspecified atom stereocenters. The summed E-state index contributed by atoms with van der Waals surface area (Å²) >= 11 is 0. The van der Waals surface area contributed by atoms with Crippen molar-refractivity contribution >= 4 is 15.9 Å². The Hall–Kier alpha value is -0.270. The van der Waals surface area contributed by atoms with Gasteiger partial charge in [-0.2, -0.15) is 5.26 Å². The first-order valence-electron chi connectivity index (χ1n) is 7.47. The van der Waals surface area contributed by atoms with Gasteiger partial charge in [-0.3, -0.25) is 9.24 Å². The van der Waals surface area contributed by atoms with Gasteiger partial charge in [0, 0.05) is 24.1 Å². The molecule has 0 spiro atoms. The molecule has 0 bridgehead atoms. The van der Waals surface area contributed by atoms with Gasteiger partial charge in [0.25, 0.3) is 0 Å². The number of hydrogen-bond acceptors (Lipinski definition) is 4. The van der Waals surface area contributed by atoms with Crippen LogP contribution in [0.3, 0.4) is 0 Å². The van der Waals surface area contributed by atoms with Crippen LogP contribution in [0.1, 0.15) is 47.0 Å². The Labute approximate surface area is 135 Å². The van der Waals surface area contributed by atoms with Crippen LogP contribution in [0.5, 0.6) is 0 Å². The molecule has 0 fully saturated rings. The highest BCUT2D eigenvalue weighted by atomic mass is 31.2. The number of rotatable bonds is 11. The van der Waals surface area contributed by atoms with Crippen LogP contribution in [-0.2, 0) is 9.09 Å². The maximum atomic E-state index is 10.7. The summed E-state index contributed by atoms with van der Waals surface area (Å²) in [4.78, 5) is 17.5. The molecule has 6 nitrogen and oxygen atoms in total. The Morgan fingerprint density at radius 3 is 2.36 bits per heavy atom. The molecule has 0 radical (unpaired) electrons. The quantitative estimate of drug-likeness (QED) is 0.435. The average molecular weight is 350 g/mol. The van der Waals surface area contributed by atoms with Crippen LogP contribution in [0.2, 0.25) is 0 Å². The van der Waals surface area contributed by atoms with E-state index < -0.39 is 15.9 Å². The highest BCUT2D eigenvalue weighted by molar-refractivity contribution is 7.55. The van der Waals surface area contributed by atoms with E-state index in [2.05, 4.69) is 38.4 Å². The zero-order valence-electron chi connectivity index (χ0n) is 13.8. The maximum absolute atomic E-state index is 10.7. The highest BCUT2D eigenvalue weighted by Gasteiger charge is 2.24. The van der Waals surface area contributed by atoms with E-state index in [1.807, 2.05) is 0 Å². The summed E-state index contributed by atoms with van der Waals surface area (Å²) < 4.78 is 19.0. The van der Waals surface area contributed by atoms with E-state index in [0.29, 0.717) is 31.5 Å². The van der Waals surface area contributed by atoms with Gasteiger partial charge in [0.05, 0.1) is 19.1 Å². The lowest BCUT2D eigenvalue weighted by Gasteiger charge is -2.37. The lowest BCUT2D eigenvalue weighted by molar-refractivity contribution is 0.256. The van der Waals surface area contributed by atoms with Crippen LogP contribution < -0.4 is 0 Å². The summed E-state index contributed by atoms with van der Waals surface area (Å²) in [5, 5.41) is 8.64. The Kier molecular flexibility index (Phi) is 11.2. The molecule has 0 rings (SSSR count). The van der Waals surface area contributed by atoms with Crippen molar-refractivity contribution in [3.05, 3.63) is 11.9 Å². The standard InChI is InChI=1S/C14H28N2O4P2/c1-13(2)16(14(3)4)21(20-10-8-9-15)11-6-5-7-12-22(17,18)19/h7,12-14H,5-6,8,10-11H2,1-4H3,(H2,17,18,19)/b12-7+. The normalized spacial score (nSPS) is 14.2. The predicted octanol–water partition coefficient (Wildman–Crippen LogP) is 3.82. The molecule has 0 saturated heterocycles. The van der Waals surface area contributed by atoms with Crippen LogP contribution in [-0.4, -0.2) is 39.3 Å². The van der Waals surface area contributed by atoms with Gasteiger partial charge in [-0.15, -0.1) is 0 Å². The Morgan fingerprint density at radius 2 is 1.91 bits per heavy atom. The fraction of sp³-hybridized carbons (Fsp3) is 0.786. The molecule has 1 atom stereocenters. The van der Waals surface area contributed by atoms with E-state index in [1.165, 1.54) is 6.08 Å². The molecular formula is C14H28N2O4P2. The van der Waals surface area contributed by atoms with E-state index in [9.17, 15) is 4.57 Å². The summed E-state index contributed by atoms with van der Waals surface area (Å²) in [6, 6.07) is 2.77. The van der Waals surface area contributed by atoms with Gasteiger partial charge in [0.15, 0.2) is 0 Å². The second kappa shape index (κ2) is 11.3.